The molecule has 60 valence electrons. The number of hydrogen-bond acceptors (Lipinski definition) is 3. The van der Waals surface area contributed by atoms with Crippen molar-refractivity contribution in [3.63, 3.8) is 0 Å². The van der Waals surface area contributed by atoms with Crippen LogP contribution in [-0.4, -0.2) is 16.7 Å². The molecule has 0 fully saturated rings. The first kappa shape index (κ1) is 8.17. The minimum absolute atomic E-state index is 0.0585. The van der Waals surface area contributed by atoms with Gasteiger partial charge in [0.05, 0.1) is 12.1 Å². The minimum atomic E-state index is -0.650. The van der Waals surface area contributed by atoms with E-state index in [9.17, 15) is 0 Å². The fourth-order valence-corrected chi connectivity index (χ4v) is 0.824. The lowest BCUT2D eigenvalue weighted by atomic mass is 9.96. The van der Waals surface area contributed by atoms with Crippen LogP contribution < -0.4 is 5.73 Å². The highest BCUT2D eigenvalue weighted by atomic mass is 16.3. The molecule has 0 aliphatic heterocycles. The van der Waals surface area contributed by atoms with Crippen molar-refractivity contribution in [1.29, 1.82) is 0 Å². The third-order valence-electron chi connectivity index (χ3n) is 1.67. The summed E-state index contributed by atoms with van der Waals surface area (Å²) in [5, 5.41) is 8.90. The van der Waals surface area contributed by atoms with Gasteiger partial charge in [0, 0.05) is 12.4 Å². The second-order valence-electron chi connectivity index (χ2n) is 2.81. The van der Waals surface area contributed by atoms with Gasteiger partial charge in [-0.1, -0.05) is 0 Å². The van der Waals surface area contributed by atoms with Crippen molar-refractivity contribution < 1.29 is 5.11 Å². The van der Waals surface area contributed by atoms with E-state index in [1.165, 1.54) is 0 Å². The monoisotopic (exact) mass is 152 g/mol. The molecule has 0 spiro atoms. The number of rotatable bonds is 2. The van der Waals surface area contributed by atoms with Crippen LogP contribution in [0.5, 0.6) is 0 Å². The van der Waals surface area contributed by atoms with Gasteiger partial charge < -0.3 is 10.8 Å². The van der Waals surface area contributed by atoms with Crippen LogP contribution in [0.2, 0.25) is 0 Å². The molecule has 1 atom stereocenters. The molecule has 1 aromatic rings. The van der Waals surface area contributed by atoms with Crippen LogP contribution in [0.25, 0.3) is 0 Å². The number of pyridine rings is 1. The molecule has 3 nitrogen and oxygen atoms in total. The highest BCUT2D eigenvalue weighted by molar-refractivity contribution is 5.19. The van der Waals surface area contributed by atoms with Gasteiger partial charge in [0.25, 0.3) is 0 Å². The van der Waals surface area contributed by atoms with Crippen LogP contribution in [0.3, 0.4) is 0 Å². The van der Waals surface area contributed by atoms with E-state index in [4.69, 9.17) is 10.8 Å². The number of nitrogens with zero attached hydrogens (tertiary/aromatic N) is 1. The van der Waals surface area contributed by atoms with Gasteiger partial charge >= 0.3 is 0 Å². The fourth-order valence-electron chi connectivity index (χ4n) is 0.824. The Bertz CT molecular complexity index is 221. The molecule has 0 amide bonds. The molecule has 0 bridgehead atoms. The first-order valence-corrected chi connectivity index (χ1v) is 3.47. The van der Waals surface area contributed by atoms with E-state index in [-0.39, 0.29) is 6.61 Å². The van der Waals surface area contributed by atoms with Gasteiger partial charge in [0.1, 0.15) is 0 Å². The second kappa shape index (κ2) is 2.98. The smallest absolute Gasteiger partial charge is 0.0650 e. The maximum absolute atomic E-state index is 8.90. The number of aromatic nitrogens is 1. The zero-order valence-corrected chi connectivity index (χ0v) is 6.49. The van der Waals surface area contributed by atoms with E-state index in [1.54, 1.807) is 31.5 Å². The summed E-state index contributed by atoms with van der Waals surface area (Å²) in [6.45, 7) is 1.72. The summed E-state index contributed by atoms with van der Waals surface area (Å²) in [6, 6.07) is 3.60. The maximum Gasteiger partial charge on any atom is 0.0650 e. The standard InChI is InChI=1S/C8H12N2O/c1-8(9,6-11)7-2-4-10-5-3-7/h2-5,11H,6,9H2,1H3/t8-/m1/s1. The number of nitrogens with two attached hydrogens (primary N) is 1. The summed E-state index contributed by atoms with van der Waals surface area (Å²) < 4.78 is 0. The van der Waals surface area contributed by atoms with Crippen LogP contribution in [0.1, 0.15) is 12.5 Å². The van der Waals surface area contributed by atoms with Crippen molar-refractivity contribution in [1.82, 2.24) is 4.98 Å². The molecule has 0 unspecified atom stereocenters. The van der Waals surface area contributed by atoms with Crippen LogP contribution in [-0.2, 0) is 5.54 Å². The summed E-state index contributed by atoms with van der Waals surface area (Å²) >= 11 is 0. The van der Waals surface area contributed by atoms with Crippen molar-refractivity contribution in [3.05, 3.63) is 30.1 Å². The van der Waals surface area contributed by atoms with E-state index in [0.29, 0.717) is 0 Å². The molecule has 1 aromatic heterocycles. The van der Waals surface area contributed by atoms with Gasteiger partial charge in [-0.15, -0.1) is 0 Å². The van der Waals surface area contributed by atoms with Crippen molar-refractivity contribution in [2.24, 2.45) is 5.73 Å². The van der Waals surface area contributed by atoms with Gasteiger partial charge in [-0.3, -0.25) is 4.98 Å². The van der Waals surface area contributed by atoms with Crippen LogP contribution in [0, 0.1) is 0 Å². The molecule has 1 heterocycles. The third kappa shape index (κ3) is 1.76. The lowest BCUT2D eigenvalue weighted by Crippen LogP contribution is -2.36. The van der Waals surface area contributed by atoms with Gasteiger partial charge in [0.15, 0.2) is 0 Å². The zero-order valence-electron chi connectivity index (χ0n) is 6.49. The highest BCUT2D eigenvalue weighted by Gasteiger charge is 2.18. The molecule has 1 rings (SSSR count). The average Bonchev–Trinajstić information content (AvgIpc) is 2.06. The van der Waals surface area contributed by atoms with E-state index >= 15 is 0 Å². The number of aliphatic hydroxyl groups is 1. The molecule has 0 aliphatic rings. The summed E-state index contributed by atoms with van der Waals surface area (Å²) in [5.74, 6) is 0. The molecule has 0 aliphatic carbocycles. The summed E-state index contributed by atoms with van der Waals surface area (Å²) in [4.78, 5) is 3.86. The Kier molecular flexibility index (Phi) is 2.22. The molecule has 3 heteroatoms. The summed E-state index contributed by atoms with van der Waals surface area (Å²) in [6.07, 6.45) is 3.33. The van der Waals surface area contributed by atoms with E-state index in [0.717, 1.165) is 5.56 Å². The van der Waals surface area contributed by atoms with Gasteiger partial charge in [-0.25, -0.2) is 0 Å². The van der Waals surface area contributed by atoms with Crippen LogP contribution in [0.4, 0.5) is 0 Å². The number of hydrogen-bond donors (Lipinski definition) is 2. The highest BCUT2D eigenvalue weighted by Crippen LogP contribution is 2.14. The predicted molar refractivity (Wildman–Crippen MR) is 42.9 cm³/mol. The Balaban J connectivity index is 2.93. The largest absolute Gasteiger partial charge is 0.394 e. The number of aliphatic hydroxyl groups excluding tert-OH is 1. The van der Waals surface area contributed by atoms with Crippen molar-refractivity contribution in [3.8, 4) is 0 Å². The quantitative estimate of drug-likeness (QED) is 0.638. The van der Waals surface area contributed by atoms with E-state index in [2.05, 4.69) is 4.98 Å². The molecule has 0 radical (unpaired) electrons. The third-order valence-corrected chi connectivity index (χ3v) is 1.67. The fraction of sp³-hybridized carbons (Fsp3) is 0.375. The minimum Gasteiger partial charge on any atom is -0.394 e. The molecule has 0 saturated carbocycles. The average molecular weight is 152 g/mol. The molecule has 0 saturated heterocycles. The first-order valence-electron chi connectivity index (χ1n) is 3.47. The molecule has 3 N–H and O–H groups in total. The van der Waals surface area contributed by atoms with E-state index in [1.807, 2.05) is 0 Å². The molecular formula is C8H12N2O. The van der Waals surface area contributed by atoms with Crippen LogP contribution in [0.15, 0.2) is 24.5 Å². The van der Waals surface area contributed by atoms with Gasteiger partial charge in [0.2, 0.25) is 0 Å². The van der Waals surface area contributed by atoms with Gasteiger partial charge in [-0.2, -0.15) is 0 Å². The summed E-state index contributed by atoms with van der Waals surface area (Å²) in [5.41, 5.74) is 6.01. The Morgan fingerprint density at radius 2 is 2.09 bits per heavy atom. The normalized spacial score (nSPS) is 15.9. The SMILES string of the molecule is C[C@@](N)(CO)c1ccncc1. The topological polar surface area (TPSA) is 59.1 Å². The Labute approximate surface area is 65.9 Å². The second-order valence-corrected chi connectivity index (χ2v) is 2.81. The molecule has 0 aromatic carbocycles. The molecular weight excluding hydrogens is 140 g/mol. The zero-order chi connectivity index (χ0) is 8.32. The predicted octanol–water partition coefficient (Wildman–Crippen LogP) is 0.248. The lowest BCUT2D eigenvalue weighted by molar-refractivity contribution is 0.210. The lowest BCUT2D eigenvalue weighted by Gasteiger charge is -2.21. The van der Waals surface area contributed by atoms with Crippen molar-refractivity contribution in [2.45, 2.75) is 12.5 Å². The van der Waals surface area contributed by atoms with Crippen molar-refractivity contribution >= 4 is 0 Å². The van der Waals surface area contributed by atoms with Crippen LogP contribution >= 0.6 is 0 Å². The van der Waals surface area contributed by atoms with Gasteiger partial charge in [-0.05, 0) is 24.6 Å². The Morgan fingerprint density at radius 3 is 2.55 bits per heavy atom. The van der Waals surface area contributed by atoms with E-state index < -0.39 is 5.54 Å². The first-order chi connectivity index (χ1) is 5.17. The summed E-state index contributed by atoms with van der Waals surface area (Å²) in [7, 11) is 0. The Morgan fingerprint density at radius 1 is 1.55 bits per heavy atom. The maximum atomic E-state index is 8.90. The van der Waals surface area contributed by atoms with Crippen molar-refractivity contribution in [2.75, 3.05) is 6.61 Å². The molecule has 11 heavy (non-hydrogen) atoms. The Hall–Kier alpha value is -0.930.